The van der Waals surface area contributed by atoms with E-state index < -0.39 is 10.0 Å². The highest BCUT2D eigenvalue weighted by Crippen LogP contribution is 2.29. The third-order valence-electron chi connectivity index (χ3n) is 4.89. The van der Waals surface area contributed by atoms with Crippen molar-refractivity contribution in [3.8, 4) is 0 Å². The van der Waals surface area contributed by atoms with Gasteiger partial charge in [-0.1, -0.05) is 17.4 Å². The average molecular weight is 478 g/mol. The number of thiazole rings is 1. The molecule has 0 radical (unpaired) electrons. The van der Waals surface area contributed by atoms with E-state index in [9.17, 15) is 13.2 Å². The molecule has 0 saturated carbocycles. The van der Waals surface area contributed by atoms with E-state index in [1.807, 2.05) is 19.9 Å². The van der Waals surface area contributed by atoms with Crippen molar-refractivity contribution in [2.24, 2.45) is 0 Å². The molecule has 8 nitrogen and oxygen atoms in total. The highest BCUT2D eigenvalue weighted by Gasteiger charge is 2.24. The van der Waals surface area contributed by atoms with E-state index in [-0.39, 0.29) is 37.1 Å². The molecule has 3 aromatic rings. The molecule has 10 heteroatoms. The Balaban J connectivity index is 1.76. The number of ether oxygens (including phenoxy) is 2. The van der Waals surface area contributed by atoms with Crippen molar-refractivity contribution in [3.63, 3.8) is 0 Å². The van der Waals surface area contributed by atoms with Gasteiger partial charge in [0, 0.05) is 32.9 Å². The first-order valence-corrected chi connectivity index (χ1v) is 12.3. The molecule has 0 aliphatic rings. The zero-order chi connectivity index (χ0) is 23.3. The van der Waals surface area contributed by atoms with Gasteiger partial charge in [-0.3, -0.25) is 10.1 Å². The lowest BCUT2D eigenvalue weighted by atomic mass is 10.1. The van der Waals surface area contributed by atoms with Crippen molar-refractivity contribution in [1.82, 2.24) is 9.29 Å². The zero-order valence-corrected chi connectivity index (χ0v) is 20.2. The summed E-state index contributed by atoms with van der Waals surface area (Å²) in [6.45, 7) is 4.96. The number of nitrogens with zero attached hydrogens (tertiary/aromatic N) is 2. The molecule has 0 spiro atoms. The summed E-state index contributed by atoms with van der Waals surface area (Å²) >= 11 is 1.41. The summed E-state index contributed by atoms with van der Waals surface area (Å²) in [5, 5.41) is 3.31. The maximum Gasteiger partial charge on any atom is 0.257 e. The van der Waals surface area contributed by atoms with E-state index >= 15 is 0 Å². The first-order valence-electron chi connectivity index (χ1n) is 10.0. The van der Waals surface area contributed by atoms with Crippen molar-refractivity contribution in [1.29, 1.82) is 0 Å². The summed E-state index contributed by atoms with van der Waals surface area (Å²) in [5.74, 6) is -0.349. The number of methoxy groups -OCH3 is 2. The van der Waals surface area contributed by atoms with Gasteiger partial charge in [0.2, 0.25) is 10.0 Å². The van der Waals surface area contributed by atoms with Gasteiger partial charge < -0.3 is 9.47 Å². The lowest BCUT2D eigenvalue weighted by Gasteiger charge is -2.21. The molecule has 2 aromatic carbocycles. The number of anilines is 1. The lowest BCUT2D eigenvalue weighted by molar-refractivity contribution is 0.102. The van der Waals surface area contributed by atoms with Crippen molar-refractivity contribution >= 4 is 42.6 Å². The van der Waals surface area contributed by atoms with Gasteiger partial charge in [0.15, 0.2) is 5.13 Å². The maximum atomic E-state index is 13.0. The molecular weight excluding hydrogens is 450 g/mol. The lowest BCUT2D eigenvalue weighted by Crippen LogP contribution is -2.36. The van der Waals surface area contributed by atoms with Gasteiger partial charge in [0.25, 0.3) is 5.91 Å². The molecule has 0 aliphatic carbocycles. The monoisotopic (exact) mass is 477 g/mol. The summed E-state index contributed by atoms with van der Waals surface area (Å²) in [7, 11) is -0.709. The van der Waals surface area contributed by atoms with Crippen molar-refractivity contribution in [3.05, 3.63) is 53.1 Å². The van der Waals surface area contributed by atoms with Crippen LogP contribution in [0.25, 0.3) is 10.2 Å². The molecule has 1 heterocycles. The van der Waals surface area contributed by atoms with Crippen LogP contribution in [0.3, 0.4) is 0 Å². The quantitative estimate of drug-likeness (QED) is 0.480. The van der Waals surface area contributed by atoms with Crippen LogP contribution in [-0.4, -0.2) is 64.1 Å². The Kier molecular flexibility index (Phi) is 7.96. The number of hydrogen-bond acceptors (Lipinski definition) is 7. The van der Waals surface area contributed by atoms with Crippen LogP contribution >= 0.6 is 11.3 Å². The highest BCUT2D eigenvalue weighted by atomic mass is 32.2. The number of nitrogens with one attached hydrogen (secondary N) is 1. The smallest absolute Gasteiger partial charge is 0.257 e. The Bertz CT molecular complexity index is 1180. The Labute approximate surface area is 192 Å². The molecule has 1 amide bonds. The van der Waals surface area contributed by atoms with Gasteiger partial charge in [-0.15, -0.1) is 0 Å². The molecule has 1 N–H and O–H groups in total. The summed E-state index contributed by atoms with van der Waals surface area (Å²) in [5.41, 5.74) is 3.40. The Hall–Kier alpha value is -2.37. The second-order valence-electron chi connectivity index (χ2n) is 7.32. The minimum atomic E-state index is -3.74. The minimum Gasteiger partial charge on any atom is -0.383 e. The van der Waals surface area contributed by atoms with Crippen LogP contribution in [0.2, 0.25) is 0 Å². The van der Waals surface area contributed by atoms with Crippen molar-refractivity contribution in [2.45, 2.75) is 18.7 Å². The number of carbonyl (C=O) groups excluding carboxylic acids is 1. The molecule has 0 bridgehead atoms. The predicted molar refractivity (Wildman–Crippen MR) is 126 cm³/mol. The second-order valence-corrected chi connectivity index (χ2v) is 10.3. The highest BCUT2D eigenvalue weighted by molar-refractivity contribution is 7.89. The van der Waals surface area contributed by atoms with Gasteiger partial charge in [0.1, 0.15) is 0 Å². The fourth-order valence-electron chi connectivity index (χ4n) is 3.26. The van der Waals surface area contributed by atoms with Gasteiger partial charge in [-0.05, 0) is 55.3 Å². The Morgan fingerprint density at radius 1 is 1.06 bits per heavy atom. The third-order valence-corrected chi connectivity index (χ3v) is 7.72. The van der Waals surface area contributed by atoms with Crippen LogP contribution in [-0.2, 0) is 19.5 Å². The van der Waals surface area contributed by atoms with E-state index in [2.05, 4.69) is 16.4 Å². The molecule has 0 saturated heterocycles. The first-order chi connectivity index (χ1) is 15.3. The molecule has 1 aromatic heterocycles. The zero-order valence-electron chi connectivity index (χ0n) is 18.5. The minimum absolute atomic E-state index is 0.104. The summed E-state index contributed by atoms with van der Waals surface area (Å²) in [4.78, 5) is 17.3. The molecule has 0 fully saturated rings. The summed E-state index contributed by atoms with van der Waals surface area (Å²) in [6.07, 6.45) is 0. The SMILES string of the molecule is COCCN(CCOC)S(=O)(=O)c1ccc(C(=O)Nc2nc3c(C)cc(C)cc3s2)cc1. The van der Waals surface area contributed by atoms with Crippen molar-refractivity contribution in [2.75, 3.05) is 45.8 Å². The van der Waals surface area contributed by atoms with Gasteiger partial charge >= 0.3 is 0 Å². The van der Waals surface area contributed by atoms with Crippen LogP contribution < -0.4 is 5.32 Å². The van der Waals surface area contributed by atoms with E-state index in [1.54, 1.807) is 0 Å². The molecule has 172 valence electrons. The topological polar surface area (TPSA) is 97.8 Å². The number of hydrogen-bond donors (Lipinski definition) is 1. The van der Waals surface area contributed by atoms with Crippen LogP contribution in [0, 0.1) is 13.8 Å². The van der Waals surface area contributed by atoms with Crippen LogP contribution in [0.5, 0.6) is 0 Å². The number of amides is 1. The summed E-state index contributed by atoms with van der Waals surface area (Å²) < 4.78 is 38.3. The predicted octanol–water partition coefficient (Wildman–Crippen LogP) is 3.45. The number of rotatable bonds is 10. The van der Waals surface area contributed by atoms with E-state index in [0.717, 1.165) is 21.3 Å². The first kappa shape index (κ1) is 24.3. The fourth-order valence-corrected chi connectivity index (χ4v) is 5.70. The standard InChI is InChI=1S/C22H27N3O5S2/c1-15-13-16(2)20-19(14-15)31-22(23-20)24-21(26)17-5-7-18(8-6-17)32(27,28)25(9-11-29-3)10-12-30-4/h5-8,13-14H,9-12H2,1-4H3,(H,23,24,26). The number of aryl methyl sites for hydroxylation is 2. The second kappa shape index (κ2) is 10.5. The van der Waals surface area contributed by atoms with Crippen molar-refractivity contribution < 1.29 is 22.7 Å². The Morgan fingerprint density at radius 3 is 2.28 bits per heavy atom. The van der Waals surface area contributed by atoms with E-state index in [1.165, 1.54) is 54.1 Å². The molecule has 0 atom stereocenters. The maximum absolute atomic E-state index is 13.0. The van der Waals surface area contributed by atoms with Crippen LogP contribution in [0.4, 0.5) is 5.13 Å². The number of aromatic nitrogens is 1. The van der Waals surface area contributed by atoms with E-state index in [4.69, 9.17) is 9.47 Å². The molecule has 0 aliphatic heterocycles. The number of benzene rings is 2. The fraction of sp³-hybridized carbons (Fsp3) is 0.364. The number of carbonyl (C=O) groups is 1. The molecular formula is C22H27N3O5S2. The number of sulfonamides is 1. The number of fused-ring (bicyclic) bond motifs is 1. The molecule has 3 rings (SSSR count). The third kappa shape index (κ3) is 5.51. The van der Waals surface area contributed by atoms with E-state index in [0.29, 0.717) is 10.7 Å². The Morgan fingerprint density at radius 2 is 1.69 bits per heavy atom. The molecule has 0 unspecified atom stereocenters. The summed E-state index contributed by atoms with van der Waals surface area (Å²) in [6, 6.07) is 9.94. The van der Waals surface area contributed by atoms with Gasteiger partial charge in [-0.25, -0.2) is 13.4 Å². The van der Waals surface area contributed by atoms with Gasteiger partial charge in [0.05, 0.1) is 28.3 Å². The molecule has 32 heavy (non-hydrogen) atoms. The largest absolute Gasteiger partial charge is 0.383 e. The normalized spacial score (nSPS) is 11.9. The van der Waals surface area contributed by atoms with Gasteiger partial charge in [-0.2, -0.15) is 4.31 Å². The average Bonchev–Trinajstić information content (AvgIpc) is 3.16. The van der Waals surface area contributed by atoms with Crippen LogP contribution in [0.15, 0.2) is 41.3 Å². The van der Waals surface area contributed by atoms with Crippen LogP contribution in [0.1, 0.15) is 21.5 Å².